The van der Waals surface area contributed by atoms with Gasteiger partial charge in [-0.3, -0.25) is 0 Å². The first-order valence-electron chi connectivity index (χ1n) is 7.96. The summed E-state index contributed by atoms with van der Waals surface area (Å²) in [4.78, 5) is 2.50. The summed E-state index contributed by atoms with van der Waals surface area (Å²) in [5, 5.41) is 3.63. The molecule has 1 saturated carbocycles. The van der Waals surface area contributed by atoms with Crippen LogP contribution in [0.15, 0.2) is 24.3 Å². The van der Waals surface area contributed by atoms with Crippen molar-refractivity contribution in [2.24, 2.45) is 0 Å². The zero-order valence-electron chi connectivity index (χ0n) is 13.7. The third-order valence-electron chi connectivity index (χ3n) is 4.27. The predicted octanol–water partition coefficient (Wildman–Crippen LogP) is 3.73. The van der Waals surface area contributed by atoms with Crippen molar-refractivity contribution in [3.05, 3.63) is 35.4 Å². The van der Waals surface area contributed by atoms with Crippen molar-refractivity contribution in [3.8, 4) is 0 Å². The van der Waals surface area contributed by atoms with Crippen molar-refractivity contribution in [3.63, 3.8) is 0 Å². The van der Waals surface area contributed by atoms with E-state index in [-0.39, 0.29) is 5.41 Å². The van der Waals surface area contributed by atoms with Gasteiger partial charge in [0, 0.05) is 18.6 Å². The van der Waals surface area contributed by atoms with Gasteiger partial charge in [-0.1, -0.05) is 52.0 Å². The summed E-state index contributed by atoms with van der Waals surface area (Å²) in [5.41, 5.74) is 3.05. The van der Waals surface area contributed by atoms with Gasteiger partial charge in [-0.05, 0) is 43.0 Å². The molecular formula is C18H30N2. The molecule has 1 aromatic rings. The highest BCUT2D eigenvalue weighted by Crippen LogP contribution is 2.28. The Morgan fingerprint density at radius 3 is 2.25 bits per heavy atom. The van der Waals surface area contributed by atoms with Gasteiger partial charge in [0.1, 0.15) is 0 Å². The maximum Gasteiger partial charge on any atom is 0.0449 e. The summed E-state index contributed by atoms with van der Waals surface area (Å²) in [6, 6.07) is 10.4. The standard InChI is InChI=1S/C18H30N2/c1-6-19-17(13-20(5)16-11-12-16)14-7-9-15(10-8-14)18(2,3)4/h7-10,16-17,19H,6,11-13H2,1-5H3. The van der Waals surface area contributed by atoms with Crippen LogP contribution < -0.4 is 5.32 Å². The molecule has 0 aliphatic heterocycles. The van der Waals surface area contributed by atoms with E-state index in [4.69, 9.17) is 0 Å². The van der Waals surface area contributed by atoms with Gasteiger partial charge in [0.05, 0.1) is 0 Å². The first kappa shape index (κ1) is 15.5. The average molecular weight is 274 g/mol. The van der Waals surface area contributed by atoms with Gasteiger partial charge in [0.25, 0.3) is 0 Å². The molecule has 2 rings (SSSR count). The van der Waals surface area contributed by atoms with E-state index in [0.717, 1.165) is 19.1 Å². The summed E-state index contributed by atoms with van der Waals surface area (Å²) in [7, 11) is 2.26. The highest BCUT2D eigenvalue weighted by molar-refractivity contribution is 5.29. The molecule has 1 aromatic carbocycles. The minimum absolute atomic E-state index is 0.233. The summed E-state index contributed by atoms with van der Waals surface area (Å²) in [6.07, 6.45) is 2.75. The average Bonchev–Trinajstić information content (AvgIpc) is 3.21. The molecule has 20 heavy (non-hydrogen) atoms. The maximum absolute atomic E-state index is 3.63. The zero-order chi connectivity index (χ0) is 14.8. The number of benzene rings is 1. The second-order valence-corrected chi connectivity index (χ2v) is 7.15. The number of nitrogens with one attached hydrogen (secondary N) is 1. The van der Waals surface area contributed by atoms with Crippen molar-refractivity contribution in [2.75, 3.05) is 20.1 Å². The fraction of sp³-hybridized carbons (Fsp3) is 0.667. The monoisotopic (exact) mass is 274 g/mol. The summed E-state index contributed by atoms with van der Waals surface area (Å²) in [6.45, 7) is 11.1. The first-order chi connectivity index (χ1) is 9.41. The molecule has 2 nitrogen and oxygen atoms in total. The lowest BCUT2D eigenvalue weighted by molar-refractivity contribution is 0.283. The molecule has 1 fully saturated rings. The number of hydrogen-bond donors (Lipinski definition) is 1. The Bertz CT molecular complexity index is 412. The van der Waals surface area contributed by atoms with Gasteiger partial charge in [0.15, 0.2) is 0 Å². The molecule has 0 heterocycles. The summed E-state index contributed by atoms with van der Waals surface area (Å²) in [5.74, 6) is 0. The molecule has 1 aliphatic rings. The lowest BCUT2D eigenvalue weighted by Crippen LogP contribution is -2.34. The zero-order valence-corrected chi connectivity index (χ0v) is 13.7. The van der Waals surface area contributed by atoms with E-state index in [1.54, 1.807) is 0 Å². The van der Waals surface area contributed by atoms with E-state index in [9.17, 15) is 0 Å². The molecule has 0 amide bonds. The van der Waals surface area contributed by atoms with E-state index < -0.39 is 0 Å². The van der Waals surface area contributed by atoms with Crippen molar-refractivity contribution in [1.82, 2.24) is 10.2 Å². The van der Waals surface area contributed by atoms with Crippen LogP contribution in [-0.2, 0) is 5.41 Å². The number of likely N-dealkylation sites (N-methyl/N-ethyl adjacent to an activating group) is 2. The smallest absolute Gasteiger partial charge is 0.0449 e. The van der Waals surface area contributed by atoms with Crippen LogP contribution in [0.2, 0.25) is 0 Å². The third-order valence-corrected chi connectivity index (χ3v) is 4.27. The van der Waals surface area contributed by atoms with E-state index in [0.29, 0.717) is 6.04 Å². The van der Waals surface area contributed by atoms with Gasteiger partial charge in [-0.25, -0.2) is 0 Å². The van der Waals surface area contributed by atoms with Crippen LogP contribution in [0.3, 0.4) is 0 Å². The van der Waals surface area contributed by atoms with Crippen LogP contribution in [0.5, 0.6) is 0 Å². The van der Waals surface area contributed by atoms with E-state index in [2.05, 4.69) is 69.2 Å². The Balaban J connectivity index is 2.07. The molecular weight excluding hydrogens is 244 g/mol. The van der Waals surface area contributed by atoms with Gasteiger partial charge >= 0.3 is 0 Å². The van der Waals surface area contributed by atoms with Gasteiger partial charge in [-0.15, -0.1) is 0 Å². The summed E-state index contributed by atoms with van der Waals surface area (Å²) >= 11 is 0. The highest BCUT2D eigenvalue weighted by atomic mass is 15.2. The van der Waals surface area contributed by atoms with E-state index in [1.165, 1.54) is 24.0 Å². The molecule has 0 radical (unpaired) electrons. The molecule has 1 aliphatic carbocycles. The van der Waals surface area contributed by atoms with Crippen LogP contribution in [0.1, 0.15) is 57.7 Å². The normalized spacial score (nSPS) is 17.5. The molecule has 0 aromatic heterocycles. The Kier molecular flexibility index (Phi) is 4.87. The minimum Gasteiger partial charge on any atom is -0.309 e. The van der Waals surface area contributed by atoms with Crippen LogP contribution in [0.25, 0.3) is 0 Å². The SMILES string of the molecule is CCNC(CN(C)C1CC1)c1ccc(C(C)(C)C)cc1. The Morgan fingerprint density at radius 2 is 1.80 bits per heavy atom. The van der Waals surface area contributed by atoms with Crippen LogP contribution in [0, 0.1) is 0 Å². The van der Waals surface area contributed by atoms with E-state index in [1.807, 2.05) is 0 Å². The van der Waals surface area contributed by atoms with Crippen LogP contribution >= 0.6 is 0 Å². The quantitative estimate of drug-likeness (QED) is 0.850. The molecule has 0 spiro atoms. The van der Waals surface area contributed by atoms with E-state index >= 15 is 0 Å². The maximum atomic E-state index is 3.63. The lowest BCUT2D eigenvalue weighted by atomic mass is 9.86. The predicted molar refractivity (Wildman–Crippen MR) is 87.2 cm³/mol. The Hall–Kier alpha value is -0.860. The number of rotatable bonds is 6. The Labute approximate surface area is 124 Å². The molecule has 112 valence electrons. The molecule has 1 unspecified atom stereocenters. The largest absolute Gasteiger partial charge is 0.309 e. The minimum atomic E-state index is 0.233. The van der Waals surface area contributed by atoms with Crippen molar-refractivity contribution in [2.45, 2.75) is 58.0 Å². The molecule has 1 N–H and O–H groups in total. The number of hydrogen-bond acceptors (Lipinski definition) is 2. The summed E-state index contributed by atoms with van der Waals surface area (Å²) < 4.78 is 0. The van der Waals surface area contributed by atoms with Crippen LogP contribution in [-0.4, -0.2) is 31.1 Å². The third kappa shape index (κ3) is 4.07. The second kappa shape index (κ2) is 6.28. The van der Waals surface area contributed by atoms with Crippen LogP contribution in [0.4, 0.5) is 0 Å². The van der Waals surface area contributed by atoms with Gasteiger partial charge in [0.2, 0.25) is 0 Å². The lowest BCUT2D eigenvalue weighted by Gasteiger charge is -2.26. The molecule has 2 heteroatoms. The van der Waals surface area contributed by atoms with Gasteiger partial charge in [-0.2, -0.15) is 0 Å². The van der Waals surface area contributed by atoms with Gasteiger partial charge < -0.3 is 10.2 Å². The molecule has 0 bridgehead atoms. The second-order valence-electron chi connectivity index (χ2n) is 7.15. The molecule has 1 atom stereocenters. The van der Waals surface area contributed by atoms with Crippen molar-refractivity contribution in [1.29, 1.82) is 0 Å². The molecule has 0 saturated heterocycles. The topological polar surface area (TPSA) is 15.3 Å². The number of nitrogens with zero attached hydrogens (tertiary/aromatic N) is 1. The Morgan fingerprint density at radius 1 is 1.20 bits per heavy atom. The van der Waals surface area contributed by atoms with Crippen molar-refractivity contribution < 1.29 is 0 Å². The first-order valence-corrected chi connectivity index (χ1v) is 7.96. The fourth-order valence-electron chi connectivity index (χ4n) is 2.70. The fourth-order valence-corrected chi connectivity index (χ4v) is 2.70. The highest BCUT2D eigenvalue weighted by Gasteiger charge is 2.28. The van der Waals surface area contributed by atoms with Crippen molar-refractivity contribution >= 4 is 0 Å².